The predicted molar refractivity (Wildman–Crippen MR) is 164 cm³/mol. The number of carbonyl (C=O) groups excluding carboxylic acids is 2. The Morgan fingerprint density at radius 2 is 0.919 bits per heavy atom. The Morgan fingerprint density at radius 3 is 1.19 bits per heavy atom. The highest BCUT2D eigenvalue weighted by Gasteiger charge is 2.42. The molecule has 0 aliphatic rings. The highest BCUT2D eigenvalue weighted by Crippen LogP contribution is 2.45. The third-order valence-electron chi connectivity index (χ3n) is 9.31. The fourth-order valence-corrected chi connectivity index (χ4v) is 11.4. The molecule has 0 heterocycles. The van der Waals surface area contributed by atoms with Crippen LogP contribution in [0.25, 0.3) is 0 Å². The second-order valence-electron chi connectivity index (χ2n) is 14.2. The van der Waals surface area contributed by atoms with Crippen molar-refractivity contribution in [2.45, 2.75) is 153 Å². The van der Waals surface area contributed by atoms with Gasteiger partial charge in [0.25, 0.3) is 0 Å². The number of rotatable bonds is 15. The van der Waals surface area contributed by atoms with Gasteiger partial charge in [-0.2, -0.15) is 0 Å². The third kappa shape index (κ3) is 12.3. The summed E-state index contributed by atoms with van der Waals surface area (Å²) in [5, 5.41) is 0. The van der Waals surface area contributed by atoms with Crippen LogP contribution in [-0.4, -0.2) is 33.2 Å². The zero-order valence-electron chi connectivity index (χ0n) is 27.8. The van der Waals surface area contributed by atoms with Crippen molar-refractivity contribution in [3.63, 3.8) is 0 Å². The van der Waals surface area contributed by atoms with Crippen LogP contribution in [0.1, 0.15) is 130 Å². The van der Waals surface area contributed by atoms with E-state index in [1.54, 1.807) is 0 Å². The molecule has 0 spiro atoms. The summed E-state index contributed by atoms with van der Waals surface area (Å²) in [7, 11) is -1.36. The van der Waals surface area contributed by atoms with Crippen molar-refractivity contribution in [3.8, 4) is 0 Å². The van der Waals surface area contributed by atoms with Crippen LogP contribution in [0.3, 0.4) is 0 Å². The van der Waals surface area contributed by atoms with E-state index < -0.39 is 8.07 Å². The molecule has 0 aromatic heterocycles. The molecule has 0 rings (SSSR count). The maximum absolute atomic E-state index is 12.2. The van der Waals surface area contributed by atoms with Crippen molar-refractivity contribution < 1.29 is 19.1 Å². The first-order valence-corrected chi connectivity index (χ1v) is 17.5. The largest absolute Gasteiger partial charge is 0.465 e. The lowest BCUT2D eigenvalue weighted by Gasteiger charge is -2.43. The van der Waals surface area contributed by atoms with Gasteiger partial charge >= 0.3 is 11.9 Å². The first kappa shape index (κ1) is 38.3. The zero-order valence-corrected chi connectivity index (χ0v) is 28.8. The van der Waals surface area contributed by atoms with Gasteiger partial charge in [0.15, 0.2) is 0 Å². The fraction of sp³-hybridized carbons (Fsp3) is 0.938. The van der Waals surface area contributed by atoms with Crippen LogP contribution in [0, 0.1) is 28.6 Å². The van der Waals surface area contributed by atoms with E-state index in [1.807, 2.05) is 27.7 Å². The second kappa shape index (κ2) is 17.0. The van der Waals surface area contributed by atoms with Crippen LogP contribution in [0.5, 0.6) is 0 Å². The van der Waals surface area contributed by atoms with Gasteiger partial charge in [-0.1, -0.05) is 106 Å². The number of esters is 2. The molecule has 0 aliphatic carbocycles. The number of carbonyl (C=O) groups is 2. The molecule has 5 heteroatoms. The van der Waals surface area contributed by atoms with E-state index in [1.165, 1.54) is 6.04 Å². The van der Waals surface area contributed by atoms with Crippen molar-refractivity contribution in [3.05, 3.63) is 0 Å². The molecule has 0 N–H and O–H groups in total. The monoisotopic (exact) mass is 542 g/mol. The highest BCUT2D eigenvalue weighted by molar-refractivity contribution is 6.83. The van der Waals surface area contributed by atoms with Crippen LogP contribution < -0.4 is 0 Å². The average molecular weight is 543 g/mol. The number of hydrogen-bond acceptors (Lipinski definition) is 4. The van der Waals surface area contributed by atoms with Gasteiger partial charge in [0, 0.05) is 0 Å². The van der Waals surface area contributed by atoms with Gasteiger partial charge < -0.3 is 9.47 Å². The maximum atomic E-state index is 12.2. The lowest BCUT2D eigenvalue weighted by atomic mass is 9.81. The molecule has 0 aromatic rings. The van der Waals surface area contributed by atoms with Crippen LogP contribution in [0.2, 0.25) is 22.7 Å². The second-order valence-corrected chi connectivity index (χ2v) is 20.4. The van der Waals surface area contributed by atoms with E-state index in [9.17, 15) is 9.59 Å². The average Bonchev–Trinajstić information content (AvgIpc) is 2.75. The quantitative estimate of drug-likeness (QED) is 0.117. The highest BCUT2D eigenvalue weighted by atomic mass is 28.3. The predicted octanol–water partition coefficient (Wildman–Crippen LogP) is 9.93. The Bertz CT molecular complexity index is 623. The van der Waals surface area contributed by atoms with Gasteiger partial charge in [-0.05, 0) is 64.7 Å². The van der Waals surface area contributed by atoms with E-state index in [0.29, 0.717) is 31.0 Å². The van der Waals surface area contributed by atoms with E-state index in [-0.39, 0.29) is 22.8 Å². The molecule has 0 unspecified atom stereocenters. The summed E-state index contributed by atoms with van der Waals surface area (Å²) in [5.41, 5.74) is 1.57. The summed E-state index contributed by atoms with van der Waals surface area (Å²) < 4.78 is 10.9. The Balaban J connectivity index is 0. The Morgan fingerprint density at radius 1 is 0.595 bits per heavy atom. The molecule has 0 aromatic carbocycles. The van der Waals surface area contributed by atoms with E-state index in [2.05, 4.69) is 83.1 Å². The number of hydrogen-bond donors (Lipinski definition) is 0. The molecular formula is C32H66O4Si. The molecular weight excluding hydrogens is 476 g/mol. The van der Waals surface area contributed by atoms with Crippen LogP contribution >= 0.6 is 0 Å². The first-order chi connectivity index (χ1) is 16.7. The molecule has 0 radical (unpaired) electrons. The smallest absolute Gasteiger partial charge is 0.311 e. The summed E-state index contributed by atoms with van der Waals surface area (Å²) >= 11 is 0. The molecule has 0 bridgehead atoms. The van der Waals surface area contributed by atoms with E-state index in [0.717, 1.165) is 35.9 Å². The van der Waals surface area contributed by atoms with Crippen molar-refractivity contribution in [1.82, 2.24) is 0 Å². The van der Waals surface area contributed by atoms with Gasteiger partial charge in [-0.15, -0.1) is 0 Å². The van der Waals surface area contributed by atoms with Crippen LogP contribution in [0.4, 0.5) is 0 Å². The summed E-state index contributed by atoms with van der Waals surface area (Å²) in [6, 6.07) is 1.26. The minimum Gasteiger partial charge on any atom is -0.465 e. The first-order valence-electron chi connectivity index (χ1n) is 15.0. The van der Waals surface area contributed by atoms with Crippen molar-refractivity contribution in [2.24, 2.45) is 28.6 Å². The van der Waals surface area contributed by atoms with E-state index >= 15 is 0 Å². The third-order valence-corrected chi connectivity index (χ3v) is 17.0. The molecule has 0 amide bonds. The summed E-state index contributed by atoms with van der Waals surface area (Å²) in [6.07, 6.45) is 3.10. The minimum absolute atomic E-state index is 0.0478. The summed E-state index contributed by atoms with van der Waals surface area (Å²) in [4.78, 5) is 24.0. The van der Waals surface area contributed by atoms with Crippen LogP contribution in [0.15, 0.2) is 0 Å². The fourth-order valence-electron chi connectivity index (χ4n) is 4.91. The van der Waals surface area contributed by atoms with Crippen molar-refractivity contribution >= 4 is 20.0 Å². The standard InChI is InChI=1S/C19H40O2Si.C13H26O2/c1-14(2)19(9,10)18(20)21-12-11-13-22(15(3)4,16(5)6)17(7)8;1-10(2)8-7-9-15-12(14)13(5,6)11(3)4/h14-17H,11-13H2,1-10H3;10-11H,7-9H2,1-6H3. The number of ether oxygens (including phenoxy) is 2. The van der Waals surface area contributed by atoms with Gasteiger partial charge in [0.05, 0.1) is 32.1 Å². The molecule has 4 nitrogen and oxygen atoms in total. The molecule has 37 heavy (non-hydrogen) atoms. The maximum Gasteiger partial charge on any atom is 0.311 e. The lowest BCUT2D eigenvalue weighted by Crippen LogP contribution is -2.44. The molecule has 222 valence electrons. The Kier molecular flexibility index (Phi) is 17.6. The van der Waals surface area contributed by atoms with Gasteiger partial charge in [0.1, 0.15) is 0 Å². The molecule has 0 saturated carbocycles. The summed E-state index contributed by atoms with van der Waals surface area (Å²) in [5.74, 6) is 1.18. The zero-order chi connectivity index (χ0) is 29.8. The van der Waals surface area contributed by atoms with Crippen LogP contribution in [-0.2, 0) is 19.1 Å². The SMILES string of the molecule is CC(C)C(C)(C)C(=O)OCCC[Si](C(C)C)(C(C)C)C(C)C.CC(C)CCCOC(=O)C(C)(C)C(C)C. The lowest BCUT2D eigenvalue weighted by molar-refractivity contribution is -0.157. The molecule has 0 aliphatic heterocycles. The van der Waals surface area contributed by atoms with Gasteiger partial charge in [-0.25, -0.2) is 0 Å². The molecule has 0 fully saturated rings. The normalized spacial score (nSPS) is 13.0. The van der Waals surface area contributed by atoms with Gasteiger partial charge in [-0.3, -0.25) is 9.59 Å². The van der Waals surface area contributed by atoms with Gasteiger partial charge in [0.2, 0.25) is 0 Å². The Labute approximate surface area is 233 Å². The topological polar surface area (TPSA) is 52.6 Å². The molecule has 0 atom stereocenters. The van der Waals surface area contributed by atoms with E-state index in [4.69, 9.17) is 9.47 Å². The minimum atomic E-state index is -1.36. The van der Waals surface area contributed by atoms with Crippen molar-refractivity contribution in [2.75, 3.05) is 13.2 Å². The molecule has 0 saturated heterocycles. The summed E-state index contributed by atoms with van der Waals surface area (Å²) in [6.45, 7) is 36.0. The Hall–Kier alpha value is -0.843. The van der Waals surface area contributed by atoms with Crippen molar-refractivity contribution in [1.29, 1.82) is 0 Å².